The van der Waals surface area contributed by atoms with Crippen LogP contribution in [0.15, 0.2) is 59.8 Å². The SMILES string of the molecule is CC(C)(C)OC(=O)N1CCC(C(=O)N(Sc2ccncc2)c2ccccc2)CC1. The smallest absolute Gasteiger partial charge is 0.410 e. The van der Waals surface area contributed by atoms with Gasteiger partial charge >= 0.3 is 6.09 Å². The largest absolute Gasteiger partial charge is 0.444 e. The molecule has 0 unspecified atom stereocenters. The number of carbonyl (C=O) groups excluding carboxylic acids is 2. The summed E-state index contributed by atoms with van der Waals surface area (Å²) >= 11 is 1.40. The lowest BCUT2D eigenvalue weighted by atomic mass is 9.96. The van der Waals surface area contributed by atoms with Gasteiger partial charge in [-0.15, -0.1) is 0 Å². The van der Waals surface area contributed by atoms with Crippen molar-refractivity contribution < 1.29 is 14.3 Å². The Morgan fingerprint density at radius 1 is 1.07 bits per heavy atom. The summed E-state index contributed by atoms with van der Waals surface area (Å²) in [6.45, 7) is 6.61. The number of anilines is 1. The number of hydrogen-bond donors (Lipinski definition) is 0. The Balaban J connectivity index is 1.68. The zero-order valence-electron chi connectivity index (χ0n) is 17.1. The Hall–Kier alpha value is -2.54. The minimum absolute atomic E-state index is 0.0573. The van der Waals surface area contributed by atoms with Crippen LogP contribution in [0.25, 0.3) is 0 Å². The maximum absolute atomic E-state index is 13.4. The normalized spacial score (nSPS) is 15.1. The van der Waals surface area contributed by atoms with E-state index in [4.69, 9.17) is 4.74 Å². The molecule has 1 fully saturated rings. The van der Waals surface area contributed by atoms with Gasteiger partial charge in [0.15, 0.2) is 0 Å². The van der Waals surface area contributed by atoms with Gasteiger partial charge in [-0.1, -0.05) is 18.2 Å². The van der Waals surface area contributed by atoms with E-state index in [1.807, 2.05) is 63.2 Å². The molecule has 1 aliphatic heterocycles. The number of likely N-dealkylation sites (tertiary alicyclic amines) is 1. The quantitative estimate of drug-likeness (QED) is 0.676. The molecule has 1 aromatic carbocycles. The number of benzene rings is 1. The van der Waals surface area contributed by atoms with E-state index in [0.29, 0.717) is 25.9 Å². The van der Waals surface area contributed by atoms with Crippen molar-refractivity contribution in [1.82, 2.24) is 9.88 Å². The van der Waals surface area contributed by atoms with Gasteiger partial charge in [-0.2, -0.15) is 0 Å². The van der Waals surface area contributed by atoms with Crippen molar-refractivity contribution in [3.05, 3.63) is 54.9 Å². The minimum Gasteiger partial charge on any atom is -0.444 e. The van der Waals surface area contributed by atoms with E-state index < -0.39 is 5.60 Å². The highest BCUT2D eigenvalue weighted by atomic mass is 32.2. The zero-order chi connectivity index (χ0) is 20.9. The maximum atomic E-state index is 13.4. The fourth-order valence-corrected chi connectivity index (χ4v) is 4.01. The number of hydrogen-bond acceptors (Lipinski definition) is 5. The lowest BCUT2D eigenvalue weighted by molar-refractivity contribution is -0.122. The number of amides is 2. The topological polar surface area (TPSA) is 62.7 Å². The number of rotatable bonds is 4. The molecule has 1 aromatic heterocycles. The van der Waals surface area contributed by atoms with Gasteiger partial charge in [-0.25, -0.2) is 9.10 Å². The Morgan fingerprint density at radius 2 is 1.69 bits per heavy atom. The fraction of sp³-hybridized carbons (Fsp3) is 0.409. The molecular weight excluding hydrogens is 386 g/mol. The molecule has 0 saturated carbocycles. The van der Waals surface area contributed by atoms with Crippen LogP contribution in [0.2, 0.25) is 0 Å². The van der Waals surface area contributed by atoms with E-state index in [0.717, 1.165) is 10.6 Å². The van der Waals surface area contributed by atoms with Gasteiger partial charge in [-0.05, 0) is 69.8 Å². The van der Waals surface area contributed by atoms with E-state index in [1.165, 1.54) is 11.9 Å². The molecule has 0 N–H and O–H groups in total. The molecule has 0 spiro atoms. The molecule has 3 rings (SSSR count). The van der Waals surface area contributed by atoms with E-state index in [2.05, 4.69) is 4.98 Å². The van der Waals surface area contributed by atoms with Crippen molar-refractivity contribution >= 4 is 29.6 Å². The van der Waals surface area contributed by atoms with Crippen molar-refractivity contribution in [2.24, 2.45) is 5.92 Å². The molecule has 1 saturated heterocycles. The van der Waals surface area contributed by atoms with Crippen LogP contribution in [0.4, 0.5) is 10.5 Å². The van der Waals surface area contributed by atoms with Crippen LogP contribution >= 0.6 is 11.9 Å². The van der Waals surface area contributed by atoms with Crippen LogP contribution < -0.4 is 4.31 Å². The number of ether oxygens (including phenoxy) is 1. The third-order valence-electron chi connectivity index (χ3n) is 4.53. The highest BCUT2D eigenvalue weighted by Gasteiger charge is 2.33. The molecular formula is C22H27N3O3S. The minimum atomic E-state index is -0.519. The van der Waals surface area contributed by atoms with Gasteiger partial charge in [0.25, 0.3) is 0 Å². The summed E-state index contributed by atoms with van der Waals surface area (Å²) in [5, 5.41) is 0. The summed E-state index contributed by atoms with van der Waals surface area (Å²) in [7, 11) is 0. The van der Waals surface area contributed by atoms with E-state index in [1.54, 1.807) is 21.6 Å². The van der Waals surface area contributed by atoms with Crippen molar-refractivity contribution in [3.63, 3.8) is 0 Å². The lowest BCUT2D eigenvalue weighted by Gasteiger charge is -2.34. The van der Waals surface area contributed by atoms with Gasteiger partial charge < -0.3 is 9.64 Å². The fourth-order valence-electron chi connectivity index (χ4n) is 3.09. The Kier molecular flexibility index (Phi) is 6.79. The first-order chi connectivity index (χ1) is 13.8. The summed E-state index contributed by atoms with van der Waals surface area (Å²) < 4.78 is 7.20. The van der Waals surface area contributed by atoms with E-state index in [9.17, 15) is 9.59 Å². The first kappa shape index (κ1) is 21.2. The van der Waals surface area contributed by atoms with Gasteiger partial charge in [0.2, 0.25) is 5.91 Å². The maximum Gasteiger partial charge on any atom is 0.410 e. The van der Waals surface area contributed by atoms with Crippen molar-refractivity contribution in [2.75, 3.05) is 17.4 Å². The second-order valence-corrected chi connectivity index (χ2v) is 9.00. The van der Waals surface area contributed by atoms with Gasteiger partial charge in [-0.3, -0.25) is 9.78 Å². The third-order valence-corrected chi connectivity index (χ3v) is 5.59. The number of piperidine rings is 1. The number of para-hydroxylation sites is 1. The van der Waals surface area contributed by atoms with Gasteiger partial charge in [0.05, 0.1) is 5.69 Å². The number of pyridine rings is 1. The van der Waals surface area contributed by atoms with Crippen molar-refractivity contribution in [2.45, 2.75) is 44.1 Å². The summed E-state index contributed by atoms with van der Waals surface area (Å²) in [6, 6.07) is 13.4. The second-order valence-electron chi connectivity index (χ2n) is 7.98. The molecule has 7 heteroatoms. The van der Waals surface area contributed by atoms with Crippen LogP contribution in [0.3, 0.4) is 0 Å². The van der Waals surface area contributed by atoms with Crippen molar-refractivity contribution in [1.29, 1.82) is 0 Å². The van der Waals surface area contributed by atoms with Crippen LogP contribution in [-0.4, -0.2) is 40.6 Å². The summed E-state index contributed by atoms with van der Waals surface area (Å²) in [4.78, 5) is 32.3. The van der Waals surface area contributed by atoms with Crippen LogP contribution in [0.1, 0.15) is 33.6 Å². The highest BCUT2D eigenvalue weighted by molar-refractivity contribution is 8.01. The standard InChI is InChI=1S/C22H27N3O3S/c1-22(2,3)28-21(27)24-15-11-17(12-16-24)20(26)25(18-7-5-4-6-8-18)29-19-9-13-23-14-10-19/h4-10,13-14,17H,11-12,15-16H2,1-3H3. The molecule has 0 radical (unpaired) electrons. The van der Waals surface area contributed by atoms with Crippen LogP contribution in [-0.2, 0) is 9.53 Å². The van der Waals surface area contributed by atoms with Crippen LogP contribution in [0, 0.1) is 5.92 Å². The van der Waals surface area contributed by atoms with Crippen LogP contribution in [0.5, 0.6) is 0 Å². The predicted molar refractivity (Wildman–Crippen MR) is 115 cm³/mol. The summed E-state index contributed by atoms with van der Waals surface area (Å²) in [6.07, 6.45) is 4.37. The second kappa shape index (κ2) is 9.31. The molecule has 6 nitrogen and oxygen atoms in total. The van der Waals surface area contributed by atoms with Crippen molar-refractivity contribution in [3.8, 4) is 0 Å². The first-order valence-electron chi connectivity index (χ1n) is 9.78. The summed E-state index contributed by atoms with van der Waals surface area (Å²) in [5.74, 6) is -0.0786. The molecule has 154 valence electrons. The van der Waals surface area contributed by atoms with Gasteiger partial charge in [0.1, 0.15) is 5.60 Å². The Morgan fingerprint density at radius 3 is 2.28 bits per heavy atom. The lowest BCUT2D eigenvalue weighted by Crippen LogP contribution is -2.44. The molecule has 1 aliphatic rings. The average Bonchev–Trinajstić information content (AvgIpc) is 2.72. The number of carbonyl (C=O) groups is 2. The molecule has 2 aromatic rings. The third kappa shape index (κ3) is 5.97. The zero-order valence-corrected chi connectivity index (χ0v) is 17.9. The molecule has 2 amide bonds. The van der Waals surface area contributed by atoms with E-state index >= 15 is 0 Å². The molecule has 0 atom stereocenters. The monoisotopic (exact) mass is 413 g/mol. The van der Waals surface area contributed by atoms with Gasteiger partial charge in [0, 0.05) is 36.3 Å². The average molecular weight is 414 g/mol. The highest BCUT2D eigenvalue weighted by Crippen LogP contribution is 2.32. The molecule has 29 heavy (non-hydrogen) atoms. The predicted octanol–water partition coefficient (Wildman–Crippen LogP) is 4.77. The Bertz CT molecular complexity index is 816. The molecule has 0 bridgehead atoms. The van der Waals surface area contributed by atoms with E-state index in [-0.39, 0.29) is 17.9 Å². The number of aromatic nitrogens is 1. The molecule has 0 aliphatic carbocycles. The summed E-state index contributed by atoms with van der Waals surface area (Å²) in [5.41, 5.74) is 0.323. The number of nitrogens with zero attached hydrogens (tertiary/aromatic N) is 3. The first-order valence-corrected chi connectivity index (χ1v) is 10.6. The molecule has 2 heterocycles. The Labute approximate surface area is 176 Å².